The number of aliphatic hydroxyl groups excluding tert-OH is 1. The summed E-state index contributed by atoms with van der Waals surface area (Å²) in [5.41, 5.74) is -0.832. The van der Waals surface area contributed by atoms with E-state index < -0.39 is 30.4 Å². The fourth-order valence-electron chi connectivity index (χ4n) is 2.60. The molecule has 1 aliphatic rings. The van der Waals surface area contributed by atoms with Crippen molar-refractivity contribution in [3.05, 3.63) is 0 Å². The molecule has 0 radical (unpaired) electrons. The second-order valence-corrected chi connectivity index (χ2v) is 5.27. The molecule has 0 unspecified atom stereocenters. The maximum absolute atomic E-state index is 12.4. The highest BCUT2D eigenvalue weighted by Crippen LogP contribution is 2.35. The number of amides is 2. The number of carbonyl (C=O) groups is 2. The van der Waals surface area contributed by atoms with Crippen LogP contribution < -0.4 is 0 Å². The fraction of sp³-hybridized carbons (Fsp3) is 0.846. The van der Waals surface area contributed by atoms with Gasteiger partial charge in [0, 0.05) is 19.6 Å². The van der Waals surface area contributed by atoms with Gasteiger partial charge in [-0.25, -0.2) is 13.6 Å². The van der Waals surface area contributed by atoms with Crippen molar-refractivity contribution in [3.8, 4) is 0 Å². The molecule has 6 nitrogen and oxygen atoms in total. The molecule has 0 aromatic heterocycles. The highest BCUT2D eigenvalue weighted by molar-refractivity contribution is 5.77. The number of halogens is 2. The molecule has 0 atom stereocenters. The van der Waals surface area contributed by atoms with Crippen LogP contribution in [-0.2, 0) is 4.79 Å². The maximum Gasteiger partial charge on any atom is 0.320 e. The lowest BCUT2D eigenvalue weighted by Crippen LogP contribution is -2.52. The van der Waals surface area contributed by atoms with Gasteiger partial charge in [-0.1, -0.05) is 6.92 Å². The average Bonchev–Trinajstić information content (AvgIpc) is 2.45. The summed E-state index contributed by atoms with van der Waals surface area (Å²) in [7, 11) is 0. The minimum absolute atomic E-state index is 0.155. The van der Waals surface area contributed by atoms with Crippen LogP contribution in [0.1, 0.15) is 26.2 Å². The predicted octanol–water partition coefficient (Wildman–Crippen LogP) is 1.24. The summed E-state index contributed by atoms with van der Waals surface area (Å²) in [6.45, 7) is 0.973. The van der Waals surface area contributed by atoms with Crippen LogP contribution in [0.3, 0.4) is 0 Å². The van der Waals surface area contributed by atoms with Crippen LogP contribution in [0.15, 0.2) is 0 Å². The van der Waals surface area contributed by atoms with Crippen molar-refractivity contribution in [2.24, 2.45) is 5.41 Å². The molecule has 122 valence electrons. The van der Waals surface area contributed by atoms with Gasteiger partial charge in [0.25, 0.3) is 6.43 Å². The van der Waals surface area contributed by atoms with Crippen molar-refractivity contribution in [2.75, 3.05) is 32.8 Å². The first-order valence-electron chi connectivity index (χ1n) is 7.02. The quantitative estimate of drug-likeness (QED) is 0.773. The van der Waals surface area contributed by atoms with Gasteiger partial charge in [0.2, 0.25) is 0 Å². The van der Waals surface area contributed by atoms with Crippen molar-refractivity contribution >= 4 is 12.0 Å². The zero-order chi connectivity index (χ0) is 16.0. The van der Waals surface area contributed by atoms with Crippen LogP contribution >= 0.6 is 0 Å². The number of carboxylic acid groups (broad SMARTS) is 1. The summed E-state index contributed by atoms with van der Waals surface area (Å²) < 4.78 is 24.9. The number of likely N-dealkylation sites (tertiary alicyclic amines) is 1. The Bertz CT molecular complexity index is 371. The number of hydrogen-bond donors (Lipinski definition) is 2. The molecule has 0 aromatic rings. The van der Waals surface area contributed by atoms with E-state index in [2.05, 4.69) is 0 Å². The number of hydrogen-bond acceptors (Lipinski definition) is 3. The van der Waals surface area contributed by atoms with Crippen LogP contribution in [-0.4, -0.2) is 71.2 Å². The van der Waals surface area contributed by atoms with Gasteiger partial charge in [-0.2, -0.15) is 0 Å². The van der Waals surface area contributed by atoms with Crippen LogP contribution in [0.4, 0.5) is 13.6 Å². The molecule has 1 heterocycles. The molecule has 2 amide bonds. The van der Waals surface area contributed by atoms with E-state index >= 15 is 0 Å². The molecule has 2 N–H and O–H groups in total. The lowest BCUT2D eigenvalue weighted by Gasteiger charge is -2.40. The third-order valence-corrected chi connectivity index (χ3v) is 4.12. The number of urea groups is 1. The summed E-state index contributed by atoms with van der Waals surface area (Å²) in [6, 6.07) is -0.570. The summed E-state index contributed by atoms with van der Waals surface area (Å²) in [6.07, 6.45) is -1.57. The molecule has 0 spiro atoms. The van der Waals surface area contributed by atoms with Crippen LogP contribution in [0.5, 0.6) is 0 Å². The zero-order valence-electron chi connectivity index (χ0n) is 12.1. The molecule has 0 aliphatic carbocycles. The Morgan fingerprint density at radius 1 is 1.33 bits per heavy atom. The molecular weight excluding hydrogens is 286 g/mol. The zero-order valence-corrected chi connectivity index (χ0v) is 12.1. The number of carbonyl (C=O) groups excluding carboxylic acids is 1. The van der Waals surface area contributed by atoms with Crippen molar-refractivity contribution in [1.29, 1.82) is 0 Å². The summed E-state index contributed by atoms with van der Waals surface area (Å²) in [4.78, 5) is 25.8. The van der Waals surface area contributed by atoms with Crippen molar-refractivity contribution in [1.82, 2.24) is 9.80 Å². The van der Waals surface area contributed by atoms with E-state index in [1.807, 2.05) is 0 Å². The number of nitrogens with zero attached hydrogens (tertiary/aromatic N) is 2. The van der Waals surface area contributed by atoms with Crippen molar-refractivity contribution in [2.45, 2.75) is 32.6 Å². The minimum atomic E-state index is -2.67. The van der Waals surface area contributed by atoms with Gasteiger partial charge in [-0.05, 0) is 19.3 Å². The number of aliphatic carboxylic acids is 1. The summed E-state index contributed by atoms with van der Waals surface area (Å²) >= 11 is 0. The van der Waals surface area contributed by atoms with Crippen LogP contribution in [0.25, 0.3) is 0 Å². The van der Waals surface area contributed by atoms with Gasteiger partial charge >= 0.3 is 12.0 Å². The van der Waals surface area contributed by atoms with Crippen molar-refractivity contribution in [3.63, 3.8) is 0 Å². The van der Waals surface area contributed by atoms with Gasteiger partial charge in [-0.15, -0.1) is 0 Å². The molecule has 1 saturated heterocycles. The molecular formula is C13H22F2N2O4. The summed E-state index contributed by atoms with van der Waals surface area (Å²) in [5.74, 6) is -0.878. The molecule has 8 heteroatoms. The first-order chi connectivity index (χ1) is 9.86. The lowest BCUT2D eigenvalue weighted by molar-refractivity contribution is -0.152. The molecule has 1 rings (SSSR count). The van der Waals surface area contributed by atoms with Crippen molar-refractivity contribution < 1.29 is 28.6 Å². The largest absolute Gasteiger partial charge is 0.481 e. The van der Waals surface area contributed by atoms with Crippen LogP contribution in [0, 0.1) is 5.41 Å². The number of carboxylic acids is 1. The predicted molar refractivity (Wildman–Crippen MR) is 71.2 cm³/mol. The number of alkyl halides is 2. The molecule has 1 aliphatic heterocycles. The topological polar surface area (TPSA) is 81.1 Å². The Balaban J connectivity index is 2.66. The highest BCUT2D eigenvalue weighted by Gasteiger charge is 2.41. The molecule has 1 fully saturated rings. The van der Waals surface area contributed by atoms with Gasteiger partial charge in [0.05, 0.1) is 18.6 Å². The Labute approximate surface area is 122 Å². The Morgan fingerprint density at radius 2 is 1.90 bits per heavy atom. The van der Waals surface area contributed by atoms with E-state index in [-0.39, 0.29) is 26.2 Å². The van der Waals surface area contributed by atoms with E-state index in [4.69, 9.17) is 5.11 Å². The van der Waals surface area contributed by atoms with Gasteiger partial charge in [0.15, 0.2) is 0 Å². The highest BCUT2D eigenvalue weighted by atomic mass is 19.3. The standard InChI is InChI=1S/C13H22F2N2O4/c1-2-13(11(19)20)3-5-16(6-4-13)12(21)17(7-8-18)9-10(14)15/h10,18H,2-9H2,1H3,(H,19,20). The SMILES string of the molecule is CCC1(C(=O)O)CCN(C(=O)N(CCO)CC(F)F)CC1. The molecule has 0 aromatic carbocycles. The Hall–Kier alpha value is -1.44. The Morgan fingerprint density at radius 3 is 2.29 bits per heavy atom. The first kappa shape index (κ1) is 17.6. The van der Waals surface area contributed by atoms with Gasteiger partial charge in [0.1, 0.15) is 0 Å². The van der Waals surface area contributed by atoms with Crippen LogP contribution in [0.2, 0.25) is 0 Å². The van der Waals surface area contributed by atoms with Gasteiger partial charge < -0.3 is 20.0 Å². The van der Waals surface area contributed by atoms with E-state index in [0.717, 1.165) is 4.90 Å². The van der Waals surface area contributed by atoms with E-state index in [9.17, 15) is 23.5 Å². The second-order valence-electron chi connectivity index (χ2n) is 5.27. The smallest absolute Gasteiger partial charge is 0.320 e. The maximum atomic E-state index is 12.4. The minimum Gasteiger partial charge on any atom is -0.481 e. The third-order valence-electron chi connectivity index (χ3n) is 4.12. The fourth-order valence-corrected chi connectivity index (χ4v) is 2.60. The molecule has 0 bridgehead atoms. The Kier molecular flexibility index (Phi) is 6.32. The van der Waals surface area contributed by atoms with E-state index in [0.29, 0.717) is 19.3 Å². The van der Waals surface area contributed by atoms with Gasteiger partial charge in [-0.3, -0.25) is 4.79 Å². The second kappa shape index (κ2) is 7.53. The number of aliphatic hydroxyl groups is 1. The molecule has 0 saturated carbocycles. The number of piperidine rings is 1. The molecule has 21 heavy (non-hydrogen) atoms. The first-order valence-corrected chi connectivity index (χ1v) is 7.02. The monoisotopic (exact) mass is 308 g/mol. The van der Waals surface area contributed by atoms with E-state index in [1.54, 1.807) is 6.92 Å². The normalized spacial score (nSPS) is 17.9. The third kappa shape index (κ3) is 4.26. The average molecular weight is 308 g/mol. The number of rotatable bonds is 6. The lowest BCUT2D eigenvalue weighted by atomic mass is 9.76. The summed E-state index contributed by atoms with van der Waals surface area (Å²) in [5, 5.41) is 18.1. The van der Waals surface area contributed by atoms with E-state index in [1.165, 1.54) is 4.90 Å².